The molecule has 0 bridgehead atoms. The Labute approximate surface area is 108 Å². The van der Waals surface area contributed by atoms with Gasteiger partial charge in [0, 0.05) is 38.8 Å². The van der Waals surface area contributed by atoms with Crippen LogP contribution in [0.25, 0.3) is 0 Å². The minimum Gasteiger partial charge on any atom is -0.395 e. The zero-order valence-corrected chi connectivity index (χ0v) is 10.8. The van der Waals surface area contributed by atoms with Gasteiger partial charge < -0.3 is 5.11 Å². The van der Waals surface area contributed by atoms with E-state index in [9.17, 15) is 4.39 Å². The van der Waals surface area contributed by atoms with E-state index >= 15 is 0 Å². The van der Waals surface area contributed by atoms with E-state index in [1.807, 2.05) is 12.1 Å². The van der Waals surface area contributed by atoms with E-state index in [2.05, 4.69) is 16.7 Å². The minimum absolute atomic E-state index is 0.182. The number of halogens is 1. The Hall–Kier alpha value is -0.970. The molecular weight excluding hydrogens is 231 g/mol. The molecule has 1 aromatic rings. The Morgan fingerprint density at radius 1 is 1.17 bits per heavy atom. The quantitative estimate of drug-likeness (QED) is 0.879. The van der Waals surface area contributed by atoms with Gasteiger partial charge in [-0.15, -0.1) is 0 Å². The van der Waals surface area contributed by atoms with E-state index in [1.165, 1.54) is 12.1 Å². The van der Waals surface area contributed by atoms with Crippen LogP contribution in [0.3, 0.4) is 0 Å². The Kier molecular flexibility index (Phi) is 4.69. The molecule has 0 aromatic heterocycles. The average molecular weight is 252 g/mol. The normalized spacial score (nSPS) is 19.9. The first-order valence-corrected chi connectivity index (χ1v) is 6.53. The van der Waals surface area contributed by atoms with Crippen LogP contribution in [0.15, 0.2) is 24.3 Å². The largest absolute Gasteiger partial charge is 0.395 e. The second kappa shape index (κ2) is 6.27. The van der Waals surface area contributed by atoms with Gasteiger partial charge in [0.25, 0.3) is 0 Å². The number of benzene rings is 1. The highest BCUT2D eigenvalue weighted by atomic mass is 19.1. The van der Waals surface area contributed by atoms with E-state index < -0.39 is 0 Å². The van der Waals surface area contributed by atoms with Gasteiger partial charge in [0.15, 0.2) is 0 Å². The van der Waals surface area contributed by atoms with Gasteiger partial charge in [-0.25, -0.2) is 4.39 Å². The van der Waals surface area contributed by atoms with Crippen LogP contribution in [0.2, 0.25) is 0 Å². The number of rotatable bonds is 4. The molecule has 3 nitrogen and oxygen atoms in total. The summed E-state index contributed by atoms with van der Waals surface area (Å²) < 4.78 is 12.9. The molecule has 1 aliphatic rings. The predicted molar refractivity (Wildman–Crippen MR) is 69.9 cm³/mol. The second-order valence-corrected chi connectivity index (χ2v) is 4.83. The third kappa shape index (κ3) is 3.28. The van der Waals surface area contributed by atoms with Crippen molar-refractivity contribution >= 4 is 0 Å². The molecule has 1 aromatic carbocycles. The fraction of sp³-hybridized carbons (Fsp3) is 0.571. The Balaban J connectivity index is 1.91. The molecule has 100 valence electrons. The first kappa shape index (κ1) is 13.5. The first-order chi connectivity index (χ1) is 8.70. The van der Waals surface area contributed by atoms with Crippen molar-refractivity contribution in [3.8, 4) is 0 Å². The van der Waals surface area contributed by atoms with Crippen LogP contribution in [0, 0.1) is 5.82 Å². The average Bonchev–Trinajstić information content (AvgIpc) is 2.40. The van der Waals surface area contributed by atoms with Crippen molar-refractivity contribution < 1.29 is 9.50 Å². The first-order valence-electron chi connectivity index (χ1n) is 6.53. The Morgan fingerprint density at radius 3 is 2.33 bits per heavy atom. The molecule has 0 saturated carbocycles. The van der Waals surface area contributed by atoms with Gasteiger partial charge in [-0.2, -0.15) is 0 Å². The maximum absolute atomic E-state index is 12.9. The molecule has 1 atom stereocenters. The van der Waals surface area contributed by atoms with Crippen molar-refractivity contribution in [1.29, 1.82) is 0 Å². The van der Waals surface area contributed by atoms with Gasteiger partial charge in [-0.05, 0) is 24.6 Å². The van der Waals surface area contributed by atoms with Crippen LogP contribution in [-0.4, -0.2) is 54.2 Å². The zero-order valence-electron chi connectivity index (χ0n) is 10.8. The topological polar surface area (TPSA) is 26.7 Å². The number of hydrogen-bond acceptors (Lipinski definition) is 3. The van der Waals surface area contributed by atoms with E-state index in [4.69, 9.17) is 5.11 Å². The fourth-order valence-electron chi connectivity index (χ4n) is 2.47. The predicted octanol–water partition coefficient (Wildman–Crippen LogP) is 1.50. The number of β-amino-alcohol motifs (C(OH)–C–C–N with tert-alkyl or cyclic N) is 1. The lowest BCUT2D eigenvalue weighted by atomic mass is 10.1. The van der Waals surface area contributed by atoms with E-state index in [0.29, 0.717) is 6.04 Å². The highest BCUT2D eigenvalue weighted by molar-refractivity contribution is 5.19. The lowest BCUT2D eigenvalue weighted by molar-refractivity contribution is 0.0888. The summed E-state index contributed by atoms with van der Waals surface area (Å²) in [6, 6.07) is 7.09. The van der Waals surface area contributed by atoms with Crippen LogP contribution in [0.4, 0.5) is 4.39 Å². The minimum atomic E-state index is -0.182. The summed E-state index contributed by atoms with van der Waals surface area (Å²) in [6.45, 7) is 7.14. The summed E-state index contributed by atoms with van der Waals surface area (Å²) in [4.78, 5) is 4.68. The third-order valence-electron chi connectivity index (χ3n) is 3.72. The molecule has 0 radical (unpaired) electrons. The number of nitrogens with zero attached hydrogens (tertiary/aromatic N) is 2. The molecule has 1 saturated heterocycles. The molecule has 0 aliphatic carbocycles. The Bertz CT molecular complexity index is 361. The number of piperazine rings is 1. The number of hydrogen-bond donors (Lipinski definition) is 1. The maximum atomic E-state index is 12.9. The highest BCUT2D eigenvalue weighted by Gasteiger charge is 2.21. The van der Waals surface area contributed by atoms with Crippen LogP contribution >= 0.6 is 0 Å². The van der Waals surface area contributed by atoms with Crippen molar-refractivity contribution in [2.75, 3.05) is 39.3 Å². The third-order valence-corrected chi connectivity index (χ3v) is 3.72. The Morgan fingerprint density at radius 2 is 1.78 bits per heavy atom. The molecule has 1 heterocycles. The van der Waals surface area contributed by atoms with Crippen LogP contribution in [0.1, 0.15) is 18.5 Å². The molecule has 1 N–H and O–H groups in total. The van der Waals surface area contributed by atoms with Gasteiger partial charge in [0.05, 0.1) is 6.61 Å². The van der Waals surface area contributed by atoms with Crippen LogP contribution in [-0.2, 0) is 0 Å². The van der Waals surface area contributed by atoms with Crippen LogP contribution in [0.5, 0.6) is 0 Å². The van der Waals surface area contributed by atoms with Gasteiger partial charge in [-0.1, -0.05) is 12.1 Å². The summed E-state index contributed by atoms with van der Waals surface area (Å²) >= 11 is 0. The molecule has 0 amide bonds. The second-order valence-electron chi connectivity index (χ2n) is 4.83. The summed E-state index contributed by atoms with van der Waals surface area (Å²) in [5, 5.41) is 8.91. The lowest BCUT2D eigenvalue weighted by Gasteiger charge is -2.38. The fourth-order valence-corrected chi connectivity index (χ4v) is 2.47. The summed E-state index contributed by atoms with van der Waals surface area (Å²) in [5.41, 5.74) is 1.16. The summed E-state index contributed by atoms with van der Waals surface area (Å²) in [5.74, 6) is -0.182. The van der Waals surface area contributed by atoms with Gasteiger partial charge >= 0.3 is 0 Å². The highest BCUT2D eigenvalue weighted by Crippen LogP contribution is 2.21. The van der Waals surface area contributed by atoms with E-state index in [-0.39, 0.29) is 12.4 Å². The smallest absolute Gasteiger partial charge is 0.123 e. The summed E-state index contributed by atoms with van der Waals surface area (Å²) in [6.07, 6.45) is 0. The van der Waals surface area contributed by atoms with E-state index in [1.54, 1.807) is 0 Å². The van der Waals surface area contributed by atoms with Crippen LogP contribution < -0.4 is 0 Å². The van der Waals surface area contributed by atoms with Crippen molar-refractivity contribution in [2.45, 2.75) is 13.0 Å². The van der Waals surface area contributed by atoms with Gasteiger partial charge in [0.2, 0.25) is 0 Å². The molecule has 1 fully saturated rings. The van der Waals surface area contributed by atoms with Crippen molar-refractivity contribution in [3.63, 3.8) is 0 Å². The molecule has 0 spiro atoms. The number of aliphatic hydroxyl groups is 1. The van der Waals surface area contributed by atoms with Gasteiger partial charge in [-0.3, -0.25) is 9.80 Å². The molecule has 1 unspecified atom stereocenters. The molecular formula is C14H21FN2O. The monoisotopic (exact) mass is 252 g/mol. The maximum Gasteiger partial charge on any atom is 0.123 e. The lowest BCUT2D eigenvalue weighted by Crippen LogP contribution is -2.47. The standard InChI is InChI=1S/C14H21FN2O/c1-12(13-2-4-14(15)5-3-13)17-8-6-16(7-9-17)10-11-18/h2-5,12,18H,6-11H2,1H3. The molecule has 4 heteroatoms. The molecule has 18 heavy (non-hydrogen) atoms. The number of aliphatic hydroxyl groups excluding tert-OH is 1. The van der Waals surface area contributed by atoms with Crippen molar-refractivity contribution in [3.05, 3.63) is 35.6 Å². The molecule has 1 aliphatic heterocycles. The SMILES string of the molecule is CC(c1ccc(F)cc1)N1CCN(CCO)CC1. The summed E-state index contributed by atoms with van der Waals surface area (Å²) in [7, 11) is 0. The van der Waals surface area contributed by atoms with Crippen molar-refractivity contribution in [1.82, 2.24) is 9.80 Å². The zero-order chi connectivity index (χ0) is 13.0. The van der Waals surface area contributed by atoms with Crippen molar-refractivity contribution in [2.24, 2.45) is 0 Å². The van der Waals surface area contributed by atoms with Gasteiger partial charge in [0.1, 0.15) is 5.82 Å². The van der Waals surface area contributed by atoms with E-state index in [0.717, 1.165) is 38.3 Å². The molecule has 2 rings (SSSR count).